The number of thiazole rings is 1. The maximum atomic E-state index is 13.3. The van der Waals surface area contributed by atoms with Crippen molar-refractivity contribution in [2.45, 2.75) is 37.9 Å². The van der Waals surface area contributed by atoms with Crippen molar-refractivity contribution in [1.82, 2.24) is 19.5 Å². The summed E-state index contributed by atoms with van der Waals surface area (Å²) in [5.41, 5.74) is 0.302. The van der Waals surface area contributed by atoms with Crippen LogP contribution in [0.5, 0.6) is 0 Å². The standard InChI is InChI=1S/C31H33F3N6O4S2/c1-21-19-24(27(41)38-13-15-39(16-14-38)29-35-10-17-45-29)6-5-22(21)7-18-46(43,44)40-11-8-30(9-12-40)28(42)36-26(37-30)23-3-2-4-25(20-23)31(32,33)34/h2-6,10,17,19-20H,7-9,11-16,18H2,1H3,(H,36,37,42). The smallest absolute Gasteiger partial charge is 0.345 e. The van der Waals surface area contributed by atoms with E-state index in [2.05, 4.69) is 20.2 Å². The first-order valence-corrected chi connectivity index (χ1v) is 17.4. The van der Waals surface area contributed by atoms with Crippen LogP contribution in [0.25, 0.3) is 0 Å². The lowest BCUT2D eigenvalue weighted by Crippen LogP contribution is -2.50. The summed E-state index contributed by atoms with van der Waals surface area (Å²) in [6.07, 6.45) is -2.27. The quantitative estimate of drug-likeness (QED) is 0.409. The van der Waals surface area contributed by atoms with Crippen LogP contribution < -0.4 is 10.2 Å². The summed E-state index contributed by atoms with van der Waals surface area (Å²) in [5.74, 6) is -0.581. The summed E-state index contributed by atoms with van der Waals surface area (Å²) in [6, 6.07) is 9.95. The van der Waals surface area contributed by atoms with Gasteiger partial charge in [-0.15, -0.1) is 11.3 Å². The number of halogens is 3. The molecule has 0 aliphatic carbocycles. The molecular weight excluding hydrogens is 642 g/mol. The summed E-state index contributed by atoms with van der Waals surface area (Å²) in [5, 5.41) is 5.48. The fourth-order valence-electron chi connectivity index (χ4n) is 6.10. The monoisotopic (exact) mass is 674 g/mol. The van der Waals surface area contributed by atoms with Crippen molar-refractivity contribution < 1.29 is 31.2 Å². The van der Waals surface area contributed by atoms with Crippen LogP contribution in [0.4, 0.5) is 18.3 Å². The lowest BCUT2D eigenvalue weighted by atomic mass is 9.89. The van der Waals surface area contributed by atoms with Crippen molar-refractivity contribution in [3.63, 3.8) is 0 Å². The number of nitrogens with one attached hydrogen (secondary N) is 1. The normalized spacial score (nSPS) is 19.0. The number of aliphatic imine (C=N–C) groups is 1. The van der Waals surface area contributed by atoms with Gasteiger partial charge in [0.2, 0.25) is 10.0 Å². The Kier molecular flexibility index (Phi) is 8.67. The van der Waals surface area contributed by atoms with Crippen molar-refractivity contribution in [3.05, 3.63) is 81.9 Å². The van der Waals surface area contributed by atoms with Gasteiger partial charge in [0, 0.05) is 62.0 Å². The van der Waals surface area contributed by atoms with E-state index in [0.717, 1.165) is 28.4 Å². The van der Waals surface area contributed by atoms with E-state index in [4.69, 9.17) is 0 Å². The Balaban J connectivity index is 1.04. The Labute approximate surface area is 269 Å². The number of aryl methyl sites for hydroxylation is 2. The molecular formula is C31H33F3N6O4S2. The molecule has 244 valence electrons. The summed E-state index contributed by atoms with van der Waals surface area (Å²) in [6.45, 7) is 4.60. The highest BCUT2D eigenvalue weighted by Gasteiger charge is 2.47. The van der Waals surface area contributed by atoms with Gasteiger partial charge in [-0.1, -0.05) is 18.2 Å². The average Bonchev–Trinajstić information content (AvgIpc) is 3.69. The molecule has 3 aromatic rings. The SMILES string of the molecule is Cc1cc(C(=O)N2CCN(c3nccs3)CC2)ccc1CCS(=O)(=O)N1CCC2(CC1)N=C(c1cccc(C(F)(F)F)c1)NC2=O. The highest BCUT2D eigenvalue weighted by molar-refractivity contribution is 7.89. The van der Waals surface area contributed by atoms with Crippen molar-refractivity contribution in [2.75, 3.05) is 49.9 Å². The summed E-state index contributed by atoms with van der Waals surface area (Å²) >= 11 is 1.57. The van der Waals surface area contributed by atoms with E-state index in [-0.39, 0.29) is 55.4 Å². The number of hydrogen-bond donors (Lipinski definition) is 1. The third kappa shape index (κ3) is 6.53. The Morgan fingerprint density at radius 3 is 2.43 bits per heavy atom. The molecule has 1 spiro atoms. The van der Waals surface area contributed by atoms with Crippen molar-refractivity contribution in [2.24, 2.45) is 4.99 Å². The number of alkyl halides is 3. The van der Waals surface area contributed by atoms with Crippen LogP contribution in [-0.4, -0.2) is 90.8 Å². The van der Waals surface area contributed by atoms with Gasteiger partial charge < -0.3 is 15.1 Å². The molecule has 46 heavy (non-hydrogen) atoms. The number of carbonyl (C=O) groups is 2. The molecule has 0 unspecified atom stereocenters. The van der Waals surface area contributed by atoms with Crippen LogP contribution in [0.15, 0.2) is 59.0 Å². The first-order chi connectivity index (χ1) is 21.8. The van der Waals surface area contributed by atoms with Gasteiger partial charge in [-0.05, 0) is 61.6 Å². The Morgan fingerprint density at radius 1 is 1.04 bits per heavy atom. The highest BCUT2D eigenvalue weighted by atomic mass is 32.2. The van der Waals surface area contributed by atoms with E-state index in [0.29, 0.717) is 31.7 Å². The molecule has 2 amide bonds. The topological polar surface area (TPSA) is 115 Å². The minimum atomic E-state index is -4.53. The molecule has 1 aromatic heterocycles. The van der Waals surface area contributed by atoms with E-state index < -0.39 is 33.2 Å². The molecule has 10 nitrogen and oxygen atoms in total. The molecule has 2 aromatic carbocycles. The molecule has 1 N–H and O–H groups in total. The largest absolute Gasteiger partial charge is 0.416 e. The van der Waals surface area contributed by atoms with Crippen LogP contribution >= 0.6 is 11.3 Å². The number of sulfonamides is 1. The van der Waals surface area contributed by atoms with Crippen LogP contribution in [0.1, 0.15) is 45.5 Å². The molecule has 4 heterocycles. The minimum absolute atomic E-state index is 0.0573. The second-order valence-electron chi connectivity index (χ2n) is 11.7. The molecule has 3 aliphatic rings. The maximum absolute atomic E-state index is 13.3. The summed E-state index contributed by atoms with van der Waals surface area (Å²) in [4.78, 5) is 38.9. The van der Waals surface area contributed by atoms with Gasteiger partial charge in [0.15, 0.2) is 5.13 Å². The van der Waals surface area contributed by atoms with Crippen LogP contribution in [0.2, 0.25) is 0 Å². The number of rotatable bonds is 7. The van der Waals surface area contributed by atoms with Crippen molar-refractivity contribution in [1.29, 1.82) is 0 Å². The predicted molar refractivity (Wildman–Crippen MR) is 169 cm³/mol. The third-order valence-electron chi connectivity index (χ3n) is 8.86. The maximum Gasteiger partial charge on any atom is 0.416 e. The van der Waals surface area contributed by atoms with Crippen LogP contribution in [-0.2, 0) is 27.4 Å². The number of anilines is 1. The number of benzene rings is 2. The van der Waals surface area contributed by atoms with Gasteiger partial charge >= 0.3 is 6.18 Å². The van der Waals surface area contributed by atoms with Gasteiger partial charge in [0.25, 0.3) is 11.8 Å². The number of carbonyl (C=O) groups excluding carboxylic acids is 2. The molecule has 0 bridgehead atoms. The highest BCUT2D eigenvalue weighted by Crippen LogP contribution is 2.34. The van der Waals surface area contributed by atoms with Crippen LogP contribution in [0, 0.1) is 6.92 Å². The van der Waals surface area contributed by atoms with E-state index in [1.165, 1.54) is 16.4 Å². The lowest BCUT2D eigenvalue weighted by Gasteiger charge is -2.35. The van der Waals surface area contributed by atoms with Gasteiger partial charge in [0.1, 0.15) is 11.4 Å². The summed E-state index contributed by atoms with van der Waals surface area (Å²) < 4.78 is 67.5. The first kappa shape index (κ1) is 32.1. The fraction of sp³-hybridized carbons (Fsp3) is 0.419. The Morgan fingerprint density at radius 2 is 1.78 bits per heavy atom. The number of amidine groups is 1. The number of hydrogen-bond acceptors (Lipinski definition) is 8. The second kappa shape index (κ2) is 12.4. The third-order valence-corrected chi connectivity index (χ3v) is 11.6. The molecule has 0 saturated carbocycles. The predicted octanol–water partition coefficient (Wildman–Crippen LogP) is 3.72. The van der Waals surface area contributed by atoms with Gasteiger partial charge in [-0.2, -0.15) is 13.2 Å². The second-order valence-corrected chi connectivity index (χ2v) is 14.7. The number of amides is 2. The van der Waals surface area contributed by atoms with Gasteiger partial charge in [0.05, 0.1) is 11.3 Å². The number of aromatic nitrogens is 1. The molecule has 2 fully saturated rings. The summed E-state index contributed by atoms with van der Waals surface area (Å²) in [7, 11) is -3.67. The van der Waals surface area contributed by atoms with E-state index in [1.807, 2.05) is 23.3 Å². The molecule has 0 radical (unpaired) electrons. The Bertz CT molecular complexity index is 1760. The van der Waals surface area contributed by atoms with Gasteiger partial charge in [-0.3, -0.25) is 14.6 Å². The zero-order valence-electron chi connectivity index (χ0n) is 25.1. The molecule has 3 aliphatic heterocycles. The van der Waals surface area contributed by atoms with Crippen molar-refractivity contribution >= 4 is 44.1 Å². The van der Waals surface area contributed by atoms with E-state index >= 15 is 0 Å². The van der Waals surface area contributed by atoms with Crippen LogP contribution in [0.3, 0.4) is 0 Å². The molecule has 6 rings (SSSR count). The molecule has 2 saturated heterocycles. The average molecular weight is 675 g/mol. The molecule has 15 heteroatoms. The Hall–Kier alpha value is -3.82. The lowest BCUT2D eigenvalue weighted by molar-refractivity contribution is -0.137. The zero-order valence-corrected chi connectivity index (χ0v) is 26.7. The fourth-order valence-corrected chi connectivity index (χ4v) is 8.27. The zero-order chi connectivity index (χ0) is 32.7. The number of nitrogens with zero attached hydrogens (tertiary/aromatic N) is 5. The van der Waals surface area contributed by atoms with Gasteiger partial charge in [-0.25, -0.2) is 17.7 Å². The molecule has 0 atom stereocenters. The minimum Gasteiger partial charge on any atom is -0.345 e. The number of piperazine rings is 1. The van der Waals surface area contributed by atoms with E-state index in [9.17, 15) is 31.2 Å². The number of piperidine rings is 1. The first-order valence-electron chi connectivity index (χ1n) is 14.9. The van der Waals surface area contributed by atoms with Crippen molar-refractivity contribution in [3.8, 4) is 0 Å². The van der Waals surface area contributed by atoms with E-state index in [1.54, 1.807) is 29.7 Å².